The standard InChI is InChI=1S/C39H58FN5O6/c1-36(2,3)50-34(47)43-25-38(7,8)24-39(9,10)26-45(27-46)20-14-17-28-15-12-13-16-30(28)23-49-32-21-31(40)19-18-29(32)22-42-33(41-11)44-35(48)51-37(4,5)6/h12-19,21,27H,20,22-26H2,1-11H3,(H,43,47)(H2,41,42,44,48)/b17-14+. The maximum absolute atomic E-state index is 14.3. The molecule has 12 heteroatoms. The van der Waals surface area contributed by atoms with E-state index in [9.17, 15) is 18.8 Å². The molecule has 2 aromatic rings. The Bertz CT molecular complexity index is 1520. The van der Waals surface area contributed by atoms with Crippen molar-refractivity contribution in [2.45, 2.75) is 100 Å². The van der Waals surface area contributed by atoms with Crippen LogP contribution in [0.5, 0.6) is 5.75 Å². The molecule has 0 aliphatic heterocycles. The van der Waals surface area contributed by atoms with Crippen molar-refractivity contribution in [2.24, 2.45) is 15.8 Å². The Morgan fingerprint density at radius 2 is 1.55 bits per heavy atom. The second-order valence-electron chi connectivity index (χ2n) is 16.1. The highest BCUT2D eigenvalue weighted by Crippen LogP contribution is 2.34. The maximum atomic E-state index is 14.3. The molecular weight excluding hydrogens is 653 g/mol. The van der Waals surface area contributed by atoms with Crippen LogP contribution >= 0.6 is 0 Å². The first-order valence-electron chi connectivity index (χ1n) is 17.2. The van der Waals surface area contributed by atoms with Crippen molar-refractivity contribution in [1.82, 2.24) is 20.9 Å². The normalized spacial score (nSPS) is 12.7. The largest absolute Gasteiger partial charge is 0.488 e. The number of ether oxygens (including phenoxy) is 3. The Balaban J connectivity index is 2.05. The maximum Gasteiger partial charge on any atom is 0.437 e. The van der Waals surface area contributed by atoms with Crippen molar-refractivity contribution in [2.75, 3.05) is 26.7 Å². The number of halogens is 1. The lowest BCUT2D eigenvalue weighted by atomic mass is 9.74. The minimum atomic E-state index is -0.742. The van der Waals surface area contributed by atoms with Crippen molar-refractivity contribution < 1.29 is 33.0 Å². The molecule has 0 aromatic heterocycles. The Morgan fingerprint density at radius 1 is 0.882 bits per heavy atom. The lowest BCUT2D eigenvalue weighted by Crippen LogP contribution is -2.42. The number of alkyl carbamates (subject to hydrolysis) is 1. The van der Waals surface area contributed by atoms with Crippen molar-refractivity contribution in [1.29, 1.82) is 0 Å². The summed E-state index contributed by atoms with van der Waals surface area (Å²) in [4.78, 5) is 42.0. The summed E-state index contributed by atoms with van der Waals surface area (Å²) in [5.41, 5.74) is 0.712. The summed E-state index contributed by atoms with van der Waals surface area (Å²) in [7, 11) is 1.62. The third kappa shape index (κ3) is 17.2. The minimum Gasteiger partial charge on any atom is -0.488 e. The van der Waals surface area contributed by atoms with E-state index in [1.165, 1.54) is 12.1 Å². The number of amides is 3. The van der Waals surface area contributed by atoms with E-state index in [1.54, 1.807) is 38.8 Å². The van der Waals surface area contributed by atoms with Crippen LogP contribution < -0.4 is 20.7 Å². The van der Waals surface area contributed by atoms with Gasteiger partial charge in [-0.3, -0.25) is 4.79 Å². The third-order valence-electron chi connectivity index (χ3n) is 7.23. The molecule has 3 amide bonds. The zero-order valence-corrected chi connectivity index (χ0v) is 32.2. The molecule has 282 valence electrons. The highest BCUT2D eigenvalue weighted by Gasteiger charge is 2.31. The summed E-state index contributed by atoms with van der Waals surface area (Å²) in [5.74, 6) is 0.0898. The first kappa shape index (κ1) is 42.6. The summed E-state index contributed by atoms with van der Waals surface area (Å²) in [6.45, 7) is 20.9. The van der Waals surface area contributed by atoms with Gasteiger partial charge in [-0.15, -0.1) is 4.99 Å². The lowest BCUT2D eigenvalue weighted by Gasteiger charge is -2.37. The van der Waals surface area contributed by atoms with Gasteiger partial charge in [-0.05, 0) is 76.0 Å². The van der Waals surface area contributed by atoms with E-state index in [4.69, 9.17) is 14.2 Å². The Morgan fingerprint density at radius 3 is 2.18 bits per heavy atom. The van der Waals surface area contributed by atoms with Crippen molar-refractivity contribution in [3.8, 4) is 5.75 Å². The number of carbonyl (C=O) groups is 3. The number of nitrogens with zero attached hydrogens (tertiary/aromatic N) is 2. The molecule has 0 heterocycles. The number of guanidine groups is 1. The van der Waals surface area contributed by atoms with E-state index in [0.29, 0.717) is 30.9 Å². The van der Waals surface area contributed by atoms with Gasteiger partial charge in [0.2, 0.25) is 12.4 Å². The molecule has 2 rings (SSSR count). The van der Waals surface area contributed by atoms with Crippen LogP contribution in [-0.4, -0.2) is 67.3 Å². The topological polar surface area (TPSA) is 131 Å². The van der Waals surface area contributed by atoms with E-state index >= 15 is 0 Å². The van der Waals surface area contributed by atoms with Crippen LogP contribution in [0.25, 0.3) is 6.08 Å². The van der Waals surface area contributed by atoms with Crippen molar-refractivity contribution in [3.05, 3.63) is 71.0 Å². The molecule has 0 spiro atoms. The molecule has 0 fully saturated rings. The first-order chi connectivity index (χ1) is 23.6. The highest BCUT2D eigenvalue weighted by molar-refractivity contribution is 5.90. The lowest BCUT2D eigenvalue weighted by molar-refractivity contribution is -0.119. The van der Waals surface area contributed by atoms with Gasteiger partial charge >= 0.3 is 12.2 Å². The highest BCUT2D eigenvalue weighted by atomic mass is 19.1. The fourth-order valence-corrected chi connectivity index (χ4v) is 5.58. The fraction of sp³-hybridized carbons (Fsp3) is 0.538. The van der Waals surface area contributed by atoms with Crippen LogP contribution in [0.2, 0.25) is 0 Å². The van der Waals surface area contributed by atoms with E-state index in [0.717, 1.165) is 24.0 Å². The van der Waals surface area contributed by atoms with Crippen molar-refractivity contribution >= 4 is 30.6 Å². The molecule has 0 aliphatic rings. The molecule has 0 aliphatic carbocycles. The fourth-order valence-electron chi connectivity index (χ4n) is 5.58. The molecule has 0 saturated heterocycles. The van der Waals surface area contributed by atoms with Gasteiger partial charge in [-0.2, -0.15) is 0 Å². The minimum absolute atomic E-state index is 0.165. The zero-order valence-electron chi connectivity index (χ0n) is 32.2. The molecule has 2 aromatic carbocycles. The van der Waals surface area contributed by atoms with Gasteiger partial charge in [0.05, 0.1) is 0 Å². The van der Waals surface area contributed by atoms with Gasteiger partial charge in [0.25, 0.3) is 0 Å². The second-order valence-corrected chi connectivity index (χ2v) is 16.1. The smallest absolute Gasteiger partial charge is 0.437 e. The molecule has 3 N–H and O–H groups in total. The summed E-state index contributed by atoms with van der Waals surface area (Å²) in [5, 5.41) is 8.73. The van der Waals surface area contributed by atoms with Gasteiger partial charge < -0.3 is 35.1 Å². The van der Waals surface area contributed by atoms with Crippen molar-refractivity contribution in [3.63, 3.8) is 0 Å². The molecule has 0 bridgehead atoms. The molecule has 11 nitrogen and oxygen atoms in total. The van der Waals surface area contributed by atoms with Gasteiger partial charge in [0.15, 0.2) is 0 Å². The molecule has 0 saturated carbocycles. The van der Waals surface area contributed by atoms with Crippen LogP contribution in [0.1, 0.15) is 92.3 Å². The average molecular weight is 712 g/mol. The number of carbonyl (C=O) groups excluding carboxylic acids is 3. The Hall–Kier alpha value is -4.61. The zero-order chi connectivity index (χ0) is 38.5. The number of rotatable bonds is 15. The number of nitrogens with one attached hydrogen (secondary N) is 3. The molecular formula is C39H58FN5O6. The number of aliphatic imine (C=N–C) groups is 1. The number of hydrogen-bond acceptors (Lipinski definition) is 6. The summed E-state index contributed by atoms with van der Waals surface area (Å²) in [6.07, 6.45) is 4.29. The van der Waals surface area contributed by atoms with Crippen LogP contribution in [0.15, 0.2) is 53.5 Å². The van der Waals surface area contributed by atoms with E-state index in [1.807, 2.05) is 57.2 Å². The van der Waals surface area contributed by atoms with Crippen LogP contribution in [0.3, 0.4) is 0 Å². The van der Waals surface area contributed by atoms with E-state index in [-0.39, 0.29) is 29.9 Å². The molecule has 0 unspecified atom stereocenters. The van der Waals surface area contributed by atoms with E-state index in [2.05, 4.69) is 48.6 Å². The quantitative estimate of drug-likeness (QED) is 0.0988. The van der Waals surface area contributed by atoms with Gasteiger partial charge in [-0.25, -0.2) is 14.0 Å². The predicted octanol–water partition coefficient (Wildman–Crippen LogP) is 7.44. The van der Waals surface area contributed by atoms with Gasteiger partial charge in [-0.1, -0.05) is 70.2 Å². The molecule has 0 atom stereocenters. The first-order valence-corrected chi connectivity index (χ1v) is 17.2. The average Bonchev–Trinajstić information content (AvgIpc) is 2.99. The summed E-state index contributed by atoms with van der Waals surface area (Å²) >= 11 is 0. The molecule has 51 heavy (non-hydrogen) atoms. The number of benzene rings is 2. The number of hydrogen-bond donors (Lipinski definition) is 3. The SMILES string of the molecule is CNC(=NC(=O)OC(C)(C)C)NCc1ccc(F)cc1OCc1ccccc1/C=C/CN(C=O)CC(C)(C)CC(C)(C)CNC(=O)OC(C)(C)C. The Kier molecular flexibility index (Phi) is 15.5. The molecule has 0 radical (unpaired) electrons. The van der Waals surface area contributed by atoms with Crippen LogP contribution in [-0.2, 0) is 27.4 Å². The van der Waals surface area contributed by atoms with Gasteiger partial charge in [0.1, 0.15) is 29.4 Å². The Labute approximate surface area is 303 Å². The van der Waals surface area contributed by atoms with E-state index < -0.39 is 29.2 Å². The monoisotopic (exact) mass is 711 g/mol. The van der Waals surface area contributed by atoms with Crippen LogP contribution in [0.4, 0.5) is 14.0 Å². The van der Waals surface area contributed by atoms with Crippen LogP contribution in [0, 0.1) is 16.6 Å². The third-order valence-corrected chi connectivity index (χ3v) is 7.23. The second kappa shape index (κ2) is 18.6. The van der Waals surface area contributed by atoms with Gasteiger partial charge in [0, 0.05) is 44.9 Å². The predicted molar refractivity (Wildman–Crippen MR) is 200 cm³/mol. The summed E-state index contributed by atoms with van der Waals surface area (Å²) < 4.78 is 31.0. The summed E-state index contributed by atoms with van der Waals surface area (Å²) in [6, 6.07) is 12.0.